The second kappa shape index (κ2) is 8.86. The van der Waals surface area contributed by atoms with Crippen LogP contribution in [0.1, 0.15) is 34.6 Å². The molecule has 0 heterocycles. The van der Waals surface area contributed by atoms with Gasteiger partial charge in [-0.3, -0.25) is 0 Å². The highest BCUT2D eigenvalue weighted by Crippen LogP contribution is 2.36. The summed E-state index contributed by atoms with van der Waals surface area (Å²) in [5.74, 6) is 0. The highest BCUT2D eigenvalue weighted by molar-refractivity contribution is 6.99. The molecule has 0 aliphatic heterocycles. The van der Waals surface area contributed by atoms with Gasteiger partial charge in [0.25, 0.3) is 8.32 Å². The molecule has 1 N–H and O–H groups in total. The van der Waals surface area contributed by atoms with Crippen LogP contribution >= 0.6 is 0 Å². The molecule has 0 bridgehead atoms. The van der Waals surface area contributed by atoms with Crippen LogP contribution in [0.3, 0.4) is 0 Å². The van der Waals surface area contributed by atoms with Gasteiger partial charge in [-0.05, 0) is 27.6 Å². The summed E-state index contributed by atoms with van der Waals surface area (Å²) < 4.78 is 6.75. The monoisotopic (exact) mass is 380 g/mol. The van der Waals surface area contributed by atoms with Gasteiger partial charge >= 0.3 is 0 Å². The van der Waals surface area contributed by atoms with E-state index in [1.165, 1.54) is 10.4 Å². The molecule has 2 nitrogen and oxygen atoms in total. The van der Waals surface area contributed by atoms with Gasteiger partial charge in [0.1, 0.15) is 0 Å². The molecule has 2 rings (SSSR count). The van der Waals surface area contributed by atoms with Crippen molar-refractivity contribution in [1.29, 1.82) is 0 Å². The Balaban J connectivity index is 2.46. The molecule has 0 aliphatic rings. The Morgan fingerprint density at radius 2 is 1.37 bits per heavy atom. The third-order valence-electron chi connectivity index (χ3n) is 4.80. The van der Waals surface area contributed by atoms with Gasteiger partial charge in [-0.25, -0.2) is 0 Å². The van der Waals surface area contributed by atoms with E-state index >= 15 is 0 Å². The lowest BCUT2D eigenvalue weighted by Crippen LogP contribution is -2.66. The van der Waals surface area contributed by atoms with Crippen LogP contribution in [-0.4, -0.2) is 26.6 Å². The van der Waals surface area contributed by atoms with Gasteiger partial charge in [0.05, 0.1) is 13.2 Å². The first-order chi connectivity index (χ1) is 12.7. The zero-order valence-corrected chi connectivity index (χ0v) is 18.2. The van der Waals surface area contributed by atoms with Crippen molar-refractivity contribution in [2.45, 2.75) is 39.7 Å². The van der Waals surface area contributed by atoms with E-state index in [0.717, 1.165) is 0 Å². The molecule has 0 aliphatic carbocycles. The molecule has 0 fully saturated rings. The van der Waals surface area contributed by atoms with E-state index in [0.29, 0.717) is 6.61 Å². The van der Waals surface area contributed by atoms with E-state index in [-0.39, 0.29) is 17.1 Å². The third kappa shape index (κ3) is 5.09. The lowest BCUT2D eigenvalue weighted by Gasteiger charge is -2.42. The van der Waals surface area contributed by atoms with Crippen molar-refractivity contribution in [1.82, 2.24) is 0 Å². The van der Waals surface area contributed by atoms with Crippen LogP contribution in [0.2, 0.25) is 5.04 Å². The number of benzene rings is 2. The summed E-state index contributed by atoms with van der Waals surface area (Å²) in [5.41, 5.74) is 2.92. The molecule has 0 atom stereocenters. The van der Waals surface area contributed by atoms with Gasteiger partial charge in [-0.2, -0.15) is 0 Å². The maximum Gasteiger partial charge on any atom is 0.261 e. The molecule has 0 aromatic heterocycles. The number of aliphatic hydroxyl groups is 1. The molecule has 2 aromatic carbocycles. The lowest BCUT2D eigenvalue weighted by molar-refractivity contribution is 0.200. The Hall–Kier alpha value is -1.90. The van der Waals surface area contributed by atoms with Gasteiger partial charge in [-0.1, -0.05) is 95.3 Å². The van der Waals surface area contributed by atoms with Crippen molar-refractivity contribution >= 4 is 18.7 Å². The molecule has 0 spiro atoms. The van der Waals surface area contributed by atoms with Crippen LogP contribution in [0.5, 0.6) is 0 Å². The maximum atomic E-state index is 9.37. The Labute approximate surface area is 165 Å². The molecule has 144 valence electrons. The predicted molar refractivity (Wildman–Crippen MR) is 117 cm³/mol. The van der Waals surface area contributed by atoms with E-state index in [4.69, 9.17) is 4.43 Å². The minimum atomic E-state index is -2.49. The number of rotatable bonds is 7. The Morgan fingerprint density at radius 3 is 1.78 bits per heavy atom. The van der Waals surface area contributed by atoms with Crippen LogP contribution in [0.25, 0.3) is 0 Å². The summed E-state index contributed by atoms with van der Waals surface area (Å²) in [4.78, 5) is 0. The quantitative estimate of drug-likeness (QED) is 0.573. The molecule has 0 unspecified atom stereocenters. The average Bonchev–Trinajstić information content (AvgIpc) is 2.65. The first-order valence-electron chi connectivity index (χ1n) is 9.51. The van der Waals surface area contributed by atoms with Crippen molar-refractivity contribution in [2.75, 3.05) is 13.2 Å². The Morgan fingerprint density at radius 1 is 0.889 bits per heavy atom. The molecule has 0 saturated heterocycles. The summed E-state index contributed by atoms with van der Waals surface area (Å²) in [6.07, 6.45) is 3.83. The van der Waals surface area contributed by atoms with E-state index in [1.807, 2.05) is 26.0 Å². The van der Waals surface area contributed by atoms with Gasteiger partial charge in [-0.15, -0.1) is 5.73 Å². The molecule has 0 saturated carbocycles. The molecule has 3 heteroatoms. The van der Waals surface area contributed by atoms with E-state index in [9.17, 15) is 5.11 Å². The molecular weight excluding hydrogens is 348 g/mol. The van der Waals surface area contributed by atoms with Gasteiger partial charge < -0.3 is 9.53 Å². The van der Waals surface area contributed by atoms with Crippen LogP contribution in [0.4, 0.5) is 0 Å². The fourth-order valence-electron chi connectivity index (χ4n) is 3.31. The van der Waals surface area contributed by atoms with E-state index in [2.05, 4.69) is 87.2 Å². The van der Waals surface area contributed by atoms with Crippen LogP contribution < -0.4 is 10.4 Å². The number of aliphatic hydroxyl groups excluding tert-OH is 1. The topological polar surface area (TPSA) is 29.5 Å². The summed E-state index contributed by atoms with van der Waals surface area (Å²) in [5, 5.41) is 11.9. The van der Waals surface area contributed by atoms with Gasteiger partial charge in [0.2, 0.25) is 0 Å². The highest BCUT2D eigenvalue weighted by atomic mass is 28.4. The van der Waals surface area contributed by atoms with Crippen LogP contribution in [-0.2, 0) is 4.43 Å². The molecule has 0 radical (unpaired) electrons. The molecule has 0 amide bonds. The fraction of sp³-hybridized carbons (Fsp3) is 0.375. The first-order valence-corrected chi connectivity index (χ1v) is 11.4. The summed E-state index contributed by atoms with van der Waals surface area (Å²) in [6.45, 7) is 11.4. The summed E-state index contributed by atoms with van der Waals surface area (Å²) >= 11 is 0. The maximum absolute atomic E-state index is 9.37. The van der Waals surface area contributed by atoms with E-state index < -0.39 is 8.32 Å². The SMILES string of the molecule is CC(C)(C=C=CCO[Si](c1ccccc1)(c1ccccc1)C(C)(C)C)CO. The van der Waals surface area contributed by atoms with Crippen molar-refractivity contribution in [3.05, 3.63) is 78.5 Å². The van der Waals surface area contributed by atoms with E-state index in [1.54, 1.807) is 0 Å². The largest absolute Gasteiger partial charge is 0.403 e. The zero-order valence-electron chi connectivity index (χ0n) is 17.2. The van der Waals surface area contributed by atoms with Gasteiger partial charge in [0.15, 0.2) is 0 Å². The van der Waals surface area contributed by atoms with Crippen LogP contribution in [0, 0.1) is 5.41 Å². The first kappa shape index (κ1) is 21.4. The molecule has 27 heavy (non-hydrogen) atoms. The van der Waals surface area contributed by atoms with Crippen molar-refractivity contribution in [3.8, 4) is 0 Å². The number of hydrogen-bond acceptors (Lipinski definition) is 2. The van der Waals surface area contributed by atoms with Crippen molar-refractivity contribution < 1.29 is 9.53 Å². The van der Waals surface area contributed by atoms with Crippen LogP contribution in [0.15, 0.2) is 78.5 Å². The highest BCUT2D eigenvalue weighted by Gasteiger charge is 2.49. The second-order valence-electron chi connectivity index (χ2n) is 8.64. The standard InChI is InChI=1S/C24H32O2Si/c1-23(2,3)27(21-14-8-6-9-15-21,22-16-10-7-11-17-22)26-19-13-12-18-24(4,5)20-25/h6-11,13-18,25H,19-20H2,1-5H3. The Kier molecular flexibility index (Phi) is 7.02. The minimum absolute atomic E-state index is 0.0301. The average molecular weight is 381 g/mol. The summed E-state index contributed by atoms with van der Waals surface area (Å²) in [6, 6.07) is 21.2. The molecular formula is C24H32O2Si. The fourth-order valence-corrected chi connectivity index (χ4v) is 7.80. The lowest BCUT2D eigenvalue weighted by atomic mass is 9.95. The normalized spacial score (nSPS) is 12.4. The summed E-state index contributed by atoms with van der Waals surface area (Å²) in [7, 11) is -2.49. The number of hydrogen-bond donors (Lipinski definition) is 1. The van der Waals surface area contributed by atoms with Gasteiger partial charge in [0, 0.05) is 5.41 Å². The third-order valence-corrected chi connectivity index (χ3v) is 9.80. The second-order valence-corrected chi connectivity index (χ2v) is 12.9. The Bertz CT molecular complexity index is 728. The minimum Gasteiger partial charge on any atom is -0.403 e. The van der Waals surface area contributed by atoms with Crippen molar-refractivity contribution in [3.63, 3.8) is 0 Å². The predicted octanol–water partition coefficient (Wildman–Crippen LogP) is 4.29. The molecule has 2 aromatic rings. The zero-order chi connectivity index (χ0) is 20.0. The smallest absolute Gasteiger partial charge is 0.261 e. The van der Waals surface area contributed by atoms with Crippen molar-refractivity contribution in [2.24, 2.45) is 5.41 Å².